The Morgan fingerprint density at radius 1 is 1.18 bits per heavy atom. The van der Waals surface area contributed by atoms with E-state index in [1.807, 2.05) is 18.4 Å². The molecular formula is C17H12FNO2S. The Morgan fingerprint density at radius 2 is 2.00 bits per heavy atom. The van der Waals surface area contributed by atoms with Crippen LogP contribution in [0, 0.1) is 5.82 Å². The molecule has 0 saturated carbocycles. The Hall–Kier alpha value is -2.40. The summed E-state index contributed by atoms with van der Waals surface area (Å²) in [5, 5.41) is 10.0. The van der Waals surface area contributed by atoms with E-state index in [9.17, 15) is 14.3 Å². The normalized spacial score (nSPS) is 10.8. The fourth-order valence-electron chi connectivity index (χ4n) is 2.31. The molecule has 1 N–H and O–H groups in total. The van der Waals surface area contributed by atoms with Gasteiger partial charge in [0.05, 0.1) is 16.8 Å². The van der Waals surface area contributed by atoms with Gasteiger partial charge in [0, 0.05) is 15.8 Å². The number of hydrogen-bond donors (Lipinski definition) is 1. The third kappa shape index (κ3) is 2.67. The number of hydrogen-bond acceptors (Lipinski definition) is 3. The van der Waals surface area contributed by atoms with Gasteiger partial charge in [-0.1, -0.05) is 18.2 Å². The Kier molecular flexibility index (Phi) is 3.81. The lowest BCUT2D eigenvalue weighted by molar-refractivity contribution is 0.0699. The van der Waals surface area contributed by atoms with Crippen molar-refractivity contribution >= 4 is 28.6 Å². The number of carboxylic acid groups (broad SMARTS) is 1. The van der Waals surface area contributed by atoms with E-state index in [4.69, 9.17) is 0 Å². The van der Waals surface area contributed by atoms with Crippen molar-refractivity contribution in [2.45, 2.75) is 4.90 Å². The van der Waals surface area contributed by atoms with Crippen molar-refractivity contribution in [3.05, 3.63) is 59.9 Å². The summed E-state index contributed by atoms with van der Waals surface area (Å²) in [7, 11) is 0. The van der Waals surface area contributed by atoms with Crippen LogP contribution in [0.4, 0.5) is 4.39 Å². The zero-order chi connectivity index (χ0) is 15.7. The first-order valence-electron chi connectivity index (χ1n) is 6.56. The highest BCUT2D eigenvalue weighted by Gasteiger charge is 2.13. The number of aromatic carboxylic acids is 1. The minimum Gasteiger partial charge on any atom is -0.478 e. The van der Waals surface area contributed by atoms with E-state index >= 15 is 0 Å². The van der Waals surface area contributed by atoms with Gasteiger partial charge in [0.25, 0.3) is 0 Å². The van der Waals surface area contributed by atoms with Gasteiger partial charge in [-0.3, -0.25) is 0 Å². The molecule has 0 radical (unpaired) electrons. The first-order chi connectivity index (χ1) is 10.6. The van der Waals surface area contributed by atoms with Crippen LogP contribution in [0.15, 0.2) is 53.4 Å². The second-order valence-electron chi connectivity index (χ2n) is 4.75. The molecule has 0 amide bonds. The number of rotatable bonds is 3. The predicted molar refractivity (Wildman–Crippen MR) is 85.9 cm³/mol. The number of aromatic nitrogens is 1. The summed E-state index contributed by atoms with van der Waals surface area (Å²) in [5.74, 6) is -1.41. The lowest BCUT2D eigenvalue weighted by Gasteiger charge is -2.08. The van der Waals surface area contributed by atoms with Gasteiger partial charge in [-0.25, -0.2) is 14.2 Å². The third-order valence-electron chi connectivity index (χ3n) is 3.37. The van der Waals surface area contributed by atoms with Gasteiger partial charge in [-0.15, -0.1) is 11.8 Å². The summed E-state index contributed by atoms with van der Waals surface area (Å²) in [5.41, 5.74) is 1.75. The SMILES string of the molecule is CSc1ccc2c(C(=O)O)cc(-c3cccc(F)c3)nc2c1. The molecule has 110 valence electrons. The number of thioether (sulfide) groups is 1. The van der Waals surface area contributed by atoms with Crippen LogP contribution < -0.4 is 0 Å². The molecule has 0 aliphatic heterocycles. The zero-order valence-electron chi connectivity index (χ0n) is 11.7. The van der Waals surface area contributed by atoms with Gasteiger partial charge in [0.2, 0.25) is 0 Å². The summed E-state index contributed by atoms with van der Waals surface area (Å²) >= 11 is 1.55. The number of fused-ring (bicyclic) bond motifs is 1. The molecule has 0 saturated heterocycles. The number of pyridine rings is 1. The lowest BCUT2D eigenvalue weighted by atomic mass is 10.0. The van der Waals surface area contributed by atoms with Crippen LogP contribution in [0.1, 0.15) is 10.4 Å². The van der Waals surface area contributed by atoms with Crippen molar-refractivity contribution in [3.8, 4) is 11.3 Å². The average Bonchev–Trinajstić information content (AvgIpc) is 2.53. The highest BCUT2D eigenvalue weighted by atomic mass is 32.2. The molecule has 0 spiro atoms. The highest BCUT2D eigenvalue weighted by molar-refractivity contribution is 7.98. The molecule has 2 aromatic carbocycles. The smallest absolute Gasteiger partial charge is 0.336 e. The first-order valence-corrected chi connectivity index (χ1v) is 7.79. The van der Waals surface area contributed by atoms with Crippen molar-refractivity contribution in [1.82, 2.24) is 4.98 Å². The van der Waals surface area contributed by atoms with Crippen LogP contribution >= 0.6 is 11.8 Å². The van der Waals surface area contributed by atoms with Crippen LogP contribution in [0.25, 0.3) is 22.2 Å². The number of halogens is 1. The summed E-state index contributed by atoms with van der Waals surface area (Å²) in [6.45, 7) is 0. The lowest BCUT2D eigenvalue weighted by Crippen LogP contribution is -2.00. The number of carbonyl (C=O) groups is 1. The third-order valence-corrected chi connectivity index (χ3v) is 4.09. The molecule has 3 aromatic rings. The van der Waals surface area contributed by atoms with Crippen molar-refractivity contribution in [2.24, 2.45) is 0 Å². The van der Waals surface area contributed by atoms with Crippen LogP contribution in [-0.2, 0) is 0 Å². The summed E-state index contributed by atoms with van der Waals surface area (Å²) in [4.78, 5) is 17.0. The van der Waals surface area contributed by atoms with E-state index in [-0.39, 0.29) is 11.4 Å². The van der Waals surface area contributed by atoms with Crippen LogP contribution in [-0.4, -0.2) is 22.3 Å². The maximum Gasteiger partial charge on any atom is 0.336 e. The zero-order valence-corrected chi connectivity index (χ0v) is 12.5. The van der Waals surface area contributed by atoms with Crippen molar-refractivity contribution in [2.75, 3.05) is 6.26 Å². The summed E-state index contributed by atoms with van der Waals surface area (Å²) in [6, 6.07) is 12.9. The molecule has 0 fully saturated rings. The fraction of sp³-hybridized carbons (Fsp3) is 0.0588. The Balaban J connectivity index is 2.29. The molecular weight excluding hydrogens is 301 g/mol. The number of benzene rings is 2. The largest absolute Gasteiger partial charge is 0.478 e. The molecule has 22 heavy (non-hydrogen) atoms. The van der Waals surface area contributed by atoms with E-state index in [0.29, 0.717) is 22.2 Å². The van der Waals surface area contributed by atoms with E-state index in [2.05, 4.69) is 4.98 Å². The molecule has 0 bridgehead atoms. The van der Waals surface area contributed by atoms with Crippen molar-refractivity contribution in [3.63, 3.8) is 0 Å². The summed E-state index contributed by atoms with van der Waals surface area (Å²) < 4.78 is 13.4. The molecule has 0 unspecified atom stereocenters. The first kappa shape index (κ1) is 14.5. The maximum atomic E-state index is 13.4. The van der Waals surface area contributed by atoms with Gasteiger partial charge in [-0.2, -0.15) is 0 Å². The molecule has 1 aromatic heterocycles. The Bertz CT molecular complexity index is 880. The minimum atomic E-state index is -1.03. The maximum absolute atomic E-state index is 13.4. The molecule has 0 aliphatic carbocycles. The molecule has 5 heteroatoms. The quantitative estimate of drug-likeness (QED) is 0.725. The van der Waals surface area contributed by atoms with E-state index < -0.39 is 5.97 Å². The summed E-state index contributed by atoms with van der Waals surface area (Å²) in [6.07, 6.45) is 1.94. The molecule has 3 rings (SSSR count). The van der Waals surface area contributed by atoms with Crippen molar-refractivity contribution < 1.29 is 14.3 Å². The van der Waals surface area contributed by atoms with Crippen LogP contribution in [0.5, 0.6) is 0 Å². The Labute approximate surface area is 130 Å². The molecule has 3 nitrogen and oxygen atoms in total. The highest BCUT2D eigenvalue weighted by Crippen LogP contribution is 2.28. The van der Waals surface area contributed by atoms with E-state index in [0.717, 1.165) is 4.90 Å². The average molecular weight is 313 g/mol. The monoisotopic (exact) mass is 313 g/mol. The molecule has 0 atom stereocenters. The van der Waals surface area contributed by atoms with Gasteiger partial charge in [-0.05, 0) is 36.6 Å². The van der Waals surface area contributed by atoms with Crippen molar-refractivity contribution in [1.29, 1.82) is 0 Å². The van der Waals surface area contributed by atoms with Crippen LogP contribution in [0.2, 0.25) is 0 Å². The second kappa shape index (κ2) is 5.77. The van der Waals surface area contributed by atoms with E-state index in [1.165, 1.54) is 18.2 Å². The Morgan fingerprint density at radius 3 is 2.68 bits per heavy atom. The topological polar surface area (TPSA) is 50.2 Å². The fourth-order valence-corrected chi connectivity index (χ4v) is 2.74. The van der Waals surface area contributed by atoms with Gasteiger partial charge >= 0.3 is 5.97 Å². The number of carboxylic acids is 1. The van der Waals surface area contributed by atoms with Gasteiger partial charge in [0.15, 0.2) is 0 Å². The van der Waals surface area contributed by atoms with Gasteiger partial charge < -0.3 is 5.11 Å². The van der Waals surface area contributed by atoms with E-state index in [1.54, 1.807) is 30.0 Å². The molecule has 1 heterocycles. The standard InChI is InChI=1S/C17H12FNO2S/c1-22-12-5-6-13-14(17(20)21)9-15(19-16(13)8-12)10-3-2-4-11(18)7-10/h2-9H,1H3,(H,20,21). The van der Waals surface area contributed by atoms with Crippen LogP contribution in [0.3, 0.4) is 0 Å². The minimum absolute atomic E-state index is 0.164. The number of nitrogens with zero attached hydrogens (tertiary/aromatic N) is 1. The van der Waals surface area contributed by atoms with Gasteiger partial charge in [0.1, 0.15) is 5.82 Å². The predicted octanol–water partition coefficient (Wildman–Crippen LogP) is 4.46. The molecule has 0 aliphatic rings. The second-order valence-corrected chi connectivity index (χ2v) is 5.63.